The lowest BCUT2D eigenvalue weighted by atomic mass is 10.2. The molecular weight excluding hydrogens is 200 g/mol. The number of ether oxygens (including phenoxy) is 3. The number of esters is 1. The third kappa shape index (κ3) is 0.794. The Kier molecular flexibility index (Phi) is 1.13. The average Bonchev–Trinajstić information content (AvgIpc) is 2.73. The number of carbonyl (C=O) groups excluding carboxylic acids is 1. The number of hydrogen-bond acceptors (Lipinski definition) is 5. The Hall–Kier alpha value is -1.75. The molecule has 0 aliphatic carbocycles. The van der Waals surface area contributed by atoms with Crippen molar-refractivity contribution in [3.8, 4) is 11.5 Å². The summed E-state index contributed by atoms with van der Waals surface area (Å²) in [6.45, 7) is 0.709. The van der Waals surface area contributed by atoms with Gasteiger partial charge < -0.3 is 18.6 Å². The van der Waals surface area contributed by atoms with E-state index in [1.165, 1.54) is 0 Å². The summed E-state index contributed by atoms with van der Waals surface area (Å²) in [5.74, 6) is 0.524. The first-order valence-corrected chi connectivity index (χ1v) is 4.72. The molecule has 4 heterocycles. The predicted octanol–water partition coefficient (Wildman–Crippen LogP) is 1.53. The molecule has 1 saturated heterocycles. The maximum absolute atomic E-state index is 11.3. The normalized spacial score (nSPS) is 23.2. The fourth-order valence-corrected chi connectivity index (χ4v) is 1.83. The average molecular weight is 206 g/mol. The van der Waals surface area contributed by atoms with Gasteiger partial charge in [0, 0.05) is 12.5 Å². The maximum atomic E-state index is 11.3. The minimum atomic E-state index is -0.372. The maximum Gasteiger partial charge on any atom is 0.347 e. The summed E-state index contributed by atoms with van der Waals surface area (Å²) in [5, 5.41) is 0. The highest BCUT2D eigenvalue weighted by molar-refractivity contribution is 6.10. The van der Waals surface area contributed by atoms with Crippen molar-refractivity contribution in [2.24, 2.45) is 0 Å². The molecule has 2 bridgehead atoms. The summed E-state index contributed by atoms with van der Waals surface area (Å²) < 4.78 is 21.0. The zero-order valence-electron chi connectivity index (χ0n) is 7.61. The van der Waals surface area contributed by atoms with Crippen LogP contribution in [0.5, 0.6) is 11.5 Å². The van der Waals surface area contributed by atoms with Gasteiger partial charge in [0.15, 0.2) is 11.2 Å². The highest BCUT2D eigenvalue weighted by atomic mass is 16.7. The lowest BCUT2D eigenvalue weighted by Gasteiger charge is -2.26. The molecule has 0 amide bonds. The molecule has 1 unspecified atom stereocenters. The van der Waals surface area contributed by atoms with Crippen LogP contribution in [0.3, 0.4) is 0 Å². The molecule has 15 heavy (non-hydrogen) atoms. The SMILES string of the molecule is O=C1Oc2c(OC3CCO3)c3cc1c2o3. The minimum absolute atomic E-state index is 0.236. The fourth-order valence-electron chi connectivity index (χ4n) is 1.83. The van der Waals surface area contributed by atoms with Crippen molar-refractivity contribution >= 4 is 17.1 Å². The van der Waals surface area contributed by atoms with Gasteiger partial charge in [0.2, 0.25) is 17.8 Å². The van der Waals surface area contributed by atoms with Crippen LogP contribution in [0.2, 0.25) is 0 Å². The molecule has 0 radical (unpaired) electrons. The molecule has 2 aliphatic heterocycles. The Morgan fingerprint density at radius 2 is 2.33 bits per heavy atom. The highest BCUT2D eigenvalue weighted by Gasteiger charge is 2.37. The molecule has 1 fully saturated rings. The summed E-state index contributed by atoms with van der Waals surface area (Å²) in [6, 6.07) is 1.64. The van der Waals surface area contributed by atoms with Crippen molar-refractivity contribution < 1.29 is 23.4 Å². The van der Waals surface area contributed by atoms with E-state index < -0.39 is 0 Å². The summed E-state index contributed by atoms with van der Waals surface area (Å²) in [6.07, 6.45) is 0.615. The van der Waals surface area contributed by atoms with Crippen molar-refractivity contribution in [1.82, 2.24) is 0 Å². The smallest absolute Gasteiger partial charge is 0.347 e. The van der Waals surface area contributed by atoms with E-state index in [9.17, 15) is 4.79 Å². The van der Waals surface area contributed by atoms with Gasteiger partial charge in [0.05, 0.1) is 6.61 Å². The van der Waals surface area contributed by atoms with Crippen LogP contribution in [0.15, 0.2) is 10.5 Å². The second-order valence-electron chi connectivity index (χ2n) is 3.61. The summed E-state index contributed by atoms with van der Waals surface area (Å²) in [4.78, 5) is 11.3. The predicted molar refractivity (Wildman–Crippen MR) is 47.3 cm³/mol. The molecule has 1 atom stereocenters. The standard InChI is InChI=1S/C10H6O5/c11-10-4-3-5-8(14-6-1-2-12-6)9(15-10)7(4)13-5/h3,6H,1-2H2. The number of furan rings is 2. The van der Waals surface area contributed by atoms with Crippen LogP contribution < -0.4 is 9.47 Å². The topological polar surface area (TPSA) is 57.9 Å². The number of rotatable bonds is 2. The largest absolute Gasteiger partial charge is 0.457 e. The van der Waals surface area contributed by atoms with E-state index in [1.54, 1.807) is 6.07 Å². The second-order valence-corrected chi connectivity index (χ2v) is 3.61. The van der Waals surface area contributed by atoms with E-state index in [-0.39, 0.29) is 12.3 Å². The van der Waals surface area contributed by atoms with Crippen molar-refractivity contribution in [1.29, 1.82) is 0 Å². The summed E-state index contributed by atoms with van der Waals surface area (Å²) in [7, 11) is 0. The van der Waals surface area contributed by atoms with Crippen LogP contribution in [-0.2, 0) is 4.74 Å². The van der Waals surface area contributed by atoms with Crippen molar-refractivity contribution in [3.05, 3.63) is 11.6 Å². The van der Waals surface area contributed by atoms with Crippen LogP contribution in [0.1, 0.15) is 16.8 Å². The van der Waals surface area contributed by atoms with Gasteiger partial charge >= 0.3 is 5.97 Å². The highest BCUT2D eigenvalue weighted by Crippen LogP contribution is 2.49. The minimum Gasteiger partial charge on any atom is -0.457 e. The van der Waals surface area contributed by atoms with E-state index in [4.69, 9.17) is 18.6 Å². The lowest BCUT2D eigenvalue weighted by Crippen LogP contribution is -2.32. The molecule has 0 aromatic carbocycles. The third-order valence-corrected chi connectivity index (χ3v) is 2.69. The molecule has 0 saturated carbocycles. The zero-order chi connectivity index (χ0) is 9.99. The van der Waals surface area contributed by atoms with Gasteiger partial charge in [-0.25, -0.2) is 4.79 Å². The van der Waals surface area contributed by atoms with E-state index in [1.807, 2.05) is 0 Å². The fraction of sp³-hybridized carbons (Fsp3) is 0.300. The number of carbonyl (C=O) groups is 1. The van der Waals surface area contributed by atoms with Gasteiger partial charge in [-0.05, 0) is 0 Å². The molecule has 5 nitrogen and oxygen atoms in total. The molecular formula is C10H6O5. The van der Waals surface area contributed by atoms with Crippen LogP contribution in [-0.4, -0.2) is 18.9 Å². The van der Waals surface area contributed by atoms with E-state index in [0.717, 1.165) is 6.42 Å². The molecule has 2 aromatic heterocycles. The van der Waals surface area contributed by atoms with Gasteiger partial charge in [0.1, 0.15) is 5.56 Å². The molecule has 2 aromatic rings. The first kappa shape index (κ1) is 7.53. The van der Waals surface area contributed by atoms with Gasteiger partial charge in [-0.1, -0.05) is 0 Å². The second kappa shape index (κ2) is 2.25. The van der Waals surface area contributed by atoms with Crippen molar-refractivity contribution in [3.63, 3.8) is 0 Å². The van der Waals surface area contributed by atoms with E-state index >= 15 is 0 Å². The zero-order valence-corrected chi connectivity index (χ0v) is 7.61. The van der Waals surface area contributed by atoms with Gasteiger partial charge in [-0.15, -0.1) is 0 Å². The van der Waals surface area contributed by atoms with Crippen LogP contribution >= 0.6 is 0 Å². The monoisotopic (exact) mass is 206 g/mol. The Balaban J connectivity index is 1.81. The number of benzene rings is 1. The van der Waals surface area contributed by atoms with Crippen LogP contribution in [0.25, 0.3) is 11.2 Å². The third-order valence-electron chi connectivity index (χ3n) is 2.69. The van der Waals surface area contributed by atoms with Crippen LogP contribution in [0, 0.1) is 0 Å². The lowest BCUT2D eigenvalue weighted by molar-refractivity contribution is -0.165. The Morgan fingerprint density at radius 1 is 1.47 bits per heavy atom. The van der Waals surface area contributed by atoms with E-state index in [2.05, 4.69) is 0 Å². The summed E-state index contributed by atoms with van der Waals surface area (Å²) in [5.41, 5.74) is 1.53. The van der Waals surface area contributed by atoms with Gasteiger partial charge in [-0.2, -0.15) is 0 Å². The molecule has 4 rings (SSSR count). The van der Waals surface area contributed by atoms with Crippen LogP contribution in [0.4, 0.5) is 0 Å². The molecule has 76 valence electrons. The number of fused-ring (bicyclic) bond motifs is 1. The van der Waals surface area contributed by atoms with Crippen molar-refractivity contribution in [2.45, 2.75) is 12.7 Å². The van der Waals surface area contributed by atoms with Gasteiger partial charge in [-0.3, -0.25) is 0 Å². The van der Waals surface area contributed by atoms with Crippen molar-refractivity contribution in [2.75, 3.05) is 6.61 Å². The molecule has 0 spiro atoms. The number of hydrogen-bond donors (Lipinski definition) is 0. The molecule has 0 N–H and O–H groups in total. The summed E-state index contributed by atoms with van der Waals surface area (Å²) >= 11 is 0. The molecule has 5 heteroatoms. The first-order valence-electron chi connectivity index (χ1n) is 4.72. The van der Waals surface area contributed by atoms with E-state index in [0.29, 0.717) is 34.8 Å². The Morgan fingerprint density at radius 3 is 3.07 bits per heavy atom. The Bertz CT molecular complexity index is 551. The molecule has 2 aliphatic rings. The Labute approximate surface area is 83.8 Å². The van der Waals surface area contributed by atoms with Gasteiger partial charge in [0.25, 0.3) is 0 Å². The quantitative estimate of drug-likeness (QED) is 0.697. The first-order chi connectivity index (χ1) is 7.33.